The van der Waals surface area contributed by atoms with Gasteiger partial charge in [0.2, 0.25) is 0 Å². The number of amides is 2. The van der Waals surface area contributed by atoms with Gasteiger partial charge in [-0.25, -0.2) is 4.79 Å². The largest absolute Gasteiger partial charge is 0.467 e. The molecule has 2 aromatic rings. The van der Waals surface area contributed by atoms with E-state index in [1.807, 2.05) is 29.6 Å². The summed E-state index contributed by atoms with van der Waals surface area (Å²) in [4.78, 5) is 15.6. The van der Waals surface area contributed by atoms with Crippen molar-refractivity contribution >= 4 is 17.4 Å². The molecule has 2 N–H and O–H groups in total. The predicted molar refractivity (Wildman–Crippen MR) is 89.1 cm³/mol. The van der Waals surface area contributed by atoms with Crippen LogP contribution in [0.5, 0.6) is 0 Å². The molecule has 1 aliphatic carbocycles. The van der Waals surface area contributed by atoms with Crippen LogP contribution in [-0.4, -0.2) is 28.2 Å². The Labute approximate surface area is 139 Å². The average Bonchev–Trinajstić information content (AvgIpc) is 3.22. The van der Waals surface area contributed by atoms with Crippen LogP contribution in [0.2, 0.25) is 0 Å². The van der Waals surface area contributed by atoms with Gasteiger partial charge in [-0.05, 0) is 49.3 Å². The van der Waals surface area contributed by atoms with Crippen molar-refractivity contribution in [3.05, 3.63) is 46.5 Å². The third kappa shape index (κ3) is 4.59. The zero-order valence-electron chi connectivity index (χ0n) is 13.0. The van der Waals surface area contributed by atoms with Crippen LogP contribution in [0, 0.1) is 0 Å². The quantitative estimate of drug-likeness (QED) is 0.881. The number of aliphatic hydroxyl groups is 1. The van der Waals surface area contributed by atoms with Gasteiger partial charge in [0.15, 0.2) is 0 Å². The standard InChI is InChI=1S/C17H22N2O3S/c20-14-7-5-13(6-8-14)18-17(21)19(11-15-3-1-9-22-15)12-16-4-2-10-23-16/h1-4,9-10,13-14,20H,5-8,11-12H2,(H,18,21). The highest BCUT2D eigenvalue weighted by Crippen LogP contribution is 2.20. The van der Waals surface area contributed by atoms with E-state index in [1.54, 1.807) is 22.5 Å². The van der Waals surface area contributed by atoms with Gasteiger partial charge in [-0.2, -0.15) is 0 Å². The second-order valence-electron chi connectivity index (χ2n) is 5.97. The van der Waals surface area contributed by atoms with Gasteiger partial charge in [0.25, 0.3) is 0 Å². The number of urea groups is 1. The molecule has 0 radical (unpaired) electrons. The van der Waals surface area contributed by atoms with Crippen molar-refractivity contribution in [3.8, 4) is 0 Å². The molecular weight excluding hydrogens is 312 g/mol. The lowest BCUT2D eigenvalue weighted by Gasteiger charge is -2.29. The molecule has 0 spiro atoms. The fourth-order valence-corrected chi connectivity index (χ4v) is 3.59. The highest BCUT2D eigenvalue weighted by atomic mass is 32.1. The van der Waals surface area contributed by atoms with Crippen LogP contribution < -0.4 is 5.32 Å². The zero-order chi connectivity index (χ0) is 16.1. The summed E-state index contributed by atoms with van der Waals surface area (Å²) in [7, 11) is 0. The molecule has 5 nitrogen and oxygen atoms in total. The number of aliphatic hydroxyl groups excluding tert-OH is 1. The van der Waals surface area contributed by atoms with E-state index in [9.17, 15) is 9.90 Å². The lowest BCUT2D eigenvalue weighted by Crippen LogP contribution is -2.45. The first-order valence-corrected chi connectivity index (χ1v) is 8.87. The molecule has 0 bridgehead atoms. The summed E-state index contributed by atoms with van der Waals surface area (Å²) in [5, 5.41) is 14.7. The second kappa shape index (κ2) is 7.66. The van der Waals surface area contributed by atoms with E-state index in [-0.39, 0.29) is 18.2 Å². The second-order valence-corrected chi connectivity index (χ2v) is 7.00. The number of carbonyl (C=O) groups is 1. The van der Waals surface area contributed by atoms with Gasteiger partial charge in [-0.15, -0.1) is 11.3 Å². The van der Waals surface area contributed by atoms with Gasteiger partial charge in [-0.1, -0.05) is 6.07 Å². The number of furan rings is 1. The van der Waals surface area contributed by atoms with Crippen molar-refractivity contribution in [2.75, 3.05) is 0 Å². The van der Waals surface area contributed by atoms with E-state index in [1.165, 1.54) is 0 Å². The van der Waals surface area contributed by atoms with Crippen LogP contribution in [0.3, 0.4) is 0 Å². The van der Waals surface area contributed by atoms with Crippen molar-refractivity contribution in [2.45, 2.75) is 50.9 Å². The molecule has 2 amide bonds. The minimum absolute atomic E-state index is 0.0730. The Bertz CT molecular complexity index is 553. The van der Waals surface area contributed by atoms with E-state index in [0.29, 0.717) is 13.1 Å². The Morgan fingerprint density at radius 3 is 2.74 bits per heavy atom. The lowest BCUT2D eigenvalue weighted by atomic mass is 9.93. The summed E-state index contributed by atoms with van der Waals surface area (Å²) >= 11 is 1.64. The van der Waals surface area contributed by atoms with Gasteiger partial charge >= 0.3 is 6.03 Å². The molecule has 3 rings (SSSR count). The van der Waals surface area contributed by atoms with E-state index >= 15 is 0 Å². The molecular formula is C17H22N2O3S. The molecule has 0 atom stereocenters. The van der Waals surface area contributed by atoms with E-state index < -0.39 is 0 Å². The molecule has 0 aromatic carbocycles. The number of rotatable bonds is 5. The summed E-state index contributed by atoms with van der Waals surface area (Å²) in [6.45, 7) is 1.02. The minimum atomic E-state index is -0.214. The van der Waals surface area contributed by atoms with E-state index in [4.69, 9.17) is 4.42 Å². The Morgan fingerprint density at radius 2 is 2.09 bits per heavy atom. The van der Waals surface area contributed by atoms with Crippen LogP contribution in [-0.2, 0) is 13.1 Å². The summed E-state index contributed by atoms with van der Waals surface area (Å²) in [5.41, 5.74) is 0. The first-order valence-electron chi connectivity index (χ1n) is 7.99. The molecule has 1 fully saturated rings. The lowest BCUT2D eigenvalue weighted by molar-refractivity contribution is 0.114. The third-order valence-electron chi connectivity index (χ3n) is 4.17. The fraction of sp³-hybridized carbons (Fsp3) is 0.471. The number of nitrogens with zero attached hydrogens (tertiary/aromatic N) is 1. The smallest absolute Gasteiger partial charge is 0.318 e. The Kier molecular flexibility index (Phi) is 5.35. The summed E-state index contributed by atoms with van der Waals surface area (Å²) in [5.74, 6) is 0.774. The molecule has 1 saturated carbocycles. The number of thiophene rings is 1. The van der Waals surface area contributed by atoms with E-state index in [2.05, 4.69) is 5.32 Å². The molecule has 0 saturated heterocycles. The predicted octanol–water partition coefficient (Wildman–Crippen LogP) is 3.36. The monoisotopic (exact) mass is 334 g/mol. The number of hydrogen-bond acceptors (Lipinski definition) is 4. The first kappa shape index (κ1) is 16.1. The minimum Gasteiger partial charge on any atom is -0.467 e. The first-order chi connectivity index (χ1) is 11.2. The topological polar surface area (TPSA) is 65.7 Å². The van der Waals surface area contributed by atoms with Crippen LogP contribution in [0.1, 0.15) is 36.3 Å². The number of carbonyl (C=O) groups excluding carboxylic acids is 1. The maximum atomic E-state index is 12.7. The Hall–Kier alpha value is -1.79. The van der Waals surface area contributed by atoms with Gasteiger partial charge in [-0.3, -0.25) is 0 Å². The molecule has 23 heavy (non-hydrogen) atoms. The van der Waals surface area contributed by atoms with Gasteiger partial charge in [0, 0.05) is 10.9 Å². The normalized spacial score (nSPS) is 21.1. The molecule has 2 heterocycles. The Balaban J connectivity index is 1.62. The maximum absolute atomic E-state index is 12.7. The van der Waals surface area contributed by atoms with Crippen LogP contribution >= 0.6 is 11.3 Å². The maximum Gasteiger partial charge on any atom is 0.318 e. The average molecular weight is 334 g/mol. The Morgan fingerprint density at radius 1 is 1.26 bits per heavy atom. The van der Waals surface area contributed by atoms with E-state index in [0.717, 1.165) is 36.3 Å². The van der Waals surface area contributed by atoms with Crippen molar-refractivity contribution in [2.24, 2.45) is 0 Å². The van der Waals surface area contributed by atoms with Gasteiger partial charge in [0.05, 0.1) is 25.5 Å². The van der Waals surface area contributed by atoms with Crippen molar-refractivity contribution in [3.63, 3.8) is 0 Å². The summed E-state index contributed by atoms with van der Waals surface area (Å²) in [6.07, 6.45) is 4.59. The summed E-state index contributed by atoms with van der Waals surface area (Å²) in [6, 6.07) is 7.81. The third-order valence-corrected chi connectivity index (χ3v) is 5.03. The highest BCUT2D eigenvalue weighted by molar-refractivity contribution is 7.09. The van der Waals surface area contributed by atoms with Crippen molar-refractivity contribution in [1.82, 2.24) is 10.2 Å². The number of hydrogen-bond donors (Lipinski definition) is 2. The molecule has 124 valence electrons. The molecule has 0 unspecified atom stereocenters. The van der Waals surface area contributed by atoms with Crippen LogP contribution in [0.25, 0.3) is 0 Å². The molecule has 6 heteroatoms. The molecule has 0 aliphatic heterocycles. The fourth-order valence-electron chi connectivity index (χ4n) is 2.87. The van der Waals surface area contributed by atoms with Crippen molar-refractivity contribution < 1.29 is 14.3 Å². The highest BCUT2D eigenvalue weighted by Gasteiger charge is 2.24. The van der Waals surface area contributed by atoms with Gasteiger partial charge < -0.3 is 19.7 Å². The van der Waals surface area contributed by atoms with Crippen LogP contribution in [0.15, 0.2) is 40.3 Å². The molecule has 1 aliphatic rings. The zero-order valence-corrected chi connectivity index (χ0v) is 13.8. The molecule has 2 aromatic heterocycles. The van der Waals surface area contributed by atoms with Crippen molar-refractivity contribution in [1.29, 1.82) is 0 Å². The summed E-state index contributed by atoms with van der Waals surface area (Å²) < 4.78 is 5.39. The van der Waals surface area contributed by atoms with Gasteiger partial charge in [0.1, 0.15) is 5.76 Å². The van der Waals surface area contributed by atoms with Crippen LogP contribution in [0.4, 0.5) is 4.79 Å². The SMILES string of the molecule is O=C(NC1CCC(O)CC1)N(Cc1ccco1)Cc1cccs1. The number of nitrogens with one attached hydrogen (secondary N) is 1.